The number of aromatic amines is 1. The number of nitrogens with two attached hydrogens (primary N) is 1. The van der Waals surface area contributed by atoms with Gasteiger partial charge < -0.3 is 15.5 Å². The van der Waals surface area contributed by atoms with E-state index in [2.05, 4.69) is 15.1 Å². The van der Waals surface area contributed by atoms with Crippen LogP contribution in [0.25, 0.3) is 0 Å². The van der Waals surface area contributed by atoms with E-state index in [4.69, 9.17) is 5.73 Å². The van der Waals surface area contributed by atoms with Gasteiger partial charge in [-0.15, -0.1) is 0 Å². The van der Waals surface area contributed by atoms with Gasteiger partial charge in [-0.1, -0.05) is 6.92 Å². The van der Waals surface area contributed by atoms with E-state index in [1.165, 1.54) is 0 Å². The molecule has 1 amide bonds. The average Bonchev–Trinajstić information content (AvgIpc) is 2.94. The van der Waals surface area contributed by atoms with Gasteiger partial charge in [0.25, 0.3) is 5.91 Å². The van der Waals surface area contributed by atoms with Crippen molar-refractivity contribution < 1.29 is 4.79 Å². The second-order valence-corrected chi connectivity index (χ2v) is 4.98. The number of hydrogen-bond acceptors (Lipinski definition) is 4. The van der Waals surface area contributed by atoms with E-state index in [9.17, 15) is 4.79 Å². The number of nitrogens with zero attached hydrogens (tertiary/aromatic N) is 3. The summed E-state index contributed by atoms with van der Waals surface area (Å²) in [4.78, 5) is 16.3. The minimum Gasteiger partial charge on any atom is -0.395 e. The van der Waals surface area contributed by atoms with Crippen molar-refractivity contribution in [3.8, 4) is 0 Å². The summed E-state index contributed by atoms with van der Waals surface area (Å²) in [5, 5.41) is 6.88. The summed E-state index contributed by atoms with van der Waals surface area (Å²) in [6.45, 7) is 3.51. The fourth-order valence-corrected chi connectivity index (χ4v) is 2.32. The van der Waals surface area contributed by atoms with Gasteiger partial charge in [-0.25, -0.2) is 0 Å². The third-order valence-corrected chi connectivity index (χ3v) is 3.62. The fraction of sp³-hybridized carbons (Fsp3) is 0.667. The van der Waals surface area contributed by atoms with Crippen LogP contribution in [-0.2, 0) is 6.42 Å². The minimum atomic E-state index is -0.0622. The number of carbonyl (C=O) groups is 1. The van der Waals surface area contributed by atoms with Crippen molar-refractivity contribution in [3.05, 3.63) is 11.4 Å². The first kappa shape index (κ1) is 12.9. The molecule has 1 atom stereocenters. The van der Waals surface area contributed by atoms with Crippen LogP contribution in [-0.4, -0.2) is 59.1 Å². The molecule has 1 aliphatic heterocycles. The Hall–Kier alpha value is -1.56. The molecule has 6 heteroatoms. The Morgan fingerprint density at radius 2 is 2.33 bits per heavy atom. The van der Waals surface area contributed by atoms with Crippen LogP contribution >= 0.6 is 0 Å². The zero-order chi connectivity index (χ0) is 13.3. The molecule has 1 unspecified atom stereocenters. The number of anilines is 1. The zero-order valence-corrected chi connectivity index (χ0v) is 11.2. The second kappa shape index (κ2) is 4.97. The molecule has 1 saturated heterocycles. The van der Waals surface area contributed by atoms with E-state index in [-0.39, 0.29) is 5.91 Å². The number of nitrogens with one attached hydrogen (secondary N) is 1. The van der Waals surface area contributed by atoms with Crippen LogP contribution in [0.4, 0.5) is 5.69 Å². The SMILES string of the molecule is CCc1[nH]nc(C(=O)N2CCC(N(C)C)C2)c1N. The van der Waals surface area contributed by atoms with Gasteiger partial charge in [0.15, 0.2) is 5.69 Å². The van der Waals surface area contributed by atoms with Crippen molar-refractivity contribution in [1.29, 1.82) is 0 Å². The topological polar surface area (TPSA) is 78.2 Å². The van der Waals surface area contributed by atoms with Crippen LogP contribution in [0, 0.1) is 0 Å². The predicted octanol–water partition coefficient (Wildman–Crippen LogP) is 0.330. The van der Waals surface area contributed by atoms with Gasteiger partial charge in [0.1, 0.15) is 0 Å². The number of aryl methyl sites for hydroxylation is 1. The van der Waals surface area contributed by atoms with Crippen molar-refractivity contribution in [1.82, 2.24) is 20.0 Å². The van der Waals surface area contributed by atoms with Crippen LogP contribution in [0.2, 0.25) is 0 Å². The van der Waals surface area contributed by atoms with Crippen LogP contribution < -0.4 is 5.73 Å². The summed E-state index contributed by atoms with van der Waals surface area (Å²) in [6.07, 6.45) is 1.76. The summed E-state index contributed by atoms with van der Waals surface area (Å²) >= 11 is 0. The highest BCUT2D eigenvalue weighted by Gasteiger charge is 2.30. The Morgan fingerprint density at radius 3 is 2.83 bits per heavy atom. The third kappa shape index (κ3) is 2.20. The van der Waals surface area contributed by atoms with E-state index in [0.29, 0.717) is 17.4 Å². The lowest BCUT2D eigenvalue weighted by atomic mass is 10.2. The summed E-state index contributed by atoms with van der Waals surface area (Å²) in [6, 6.07) is 0.430. The maximum Gasteiger partial charge on any atom is 0.276 e. The van der Waals surface area contributed by atoms with Gasteiger partial charge in [0, 0.05) is 19.1 Å². The Kier molecular flexibility index (Phi) is 3.56. The van der Waals surface area contributed by atoms with Crippen LogP contribution in [0.3, 0.4) is 0 Å². The van der Waals surface area contributed by atoms with Crippen molar-refractivity contribution >= 4 is 11.6 Å². The van der Waals surface area contributed by atoms with E-state index in [1.54, 1.807) is 0 Å². The molecule has 2 rings (SSSR count). The number of hydrogen-bond donors (Lipinski definition) is 2. The van der Waals surface area contributed by atoms with Gasteiger partial charge in [-0.2, -0.15) is 5.10 Å². The van der Waals surface area contributed by atoms with Crippen LogP contribution in [0.5, 0.6) is 0 Å². The average molecular weight is 251 g/mol. The Bertz CT molecular complexity index is 440. The molecule has 0 radical (unpaired) electrons. The second-order valence-electron chi connectivity index (χ2n) is 4.98. The van der Waals surface area contributed by atoms with Gasteiger partial charge in [0.2, 0.25) is 0 Å². The standard InChI is InChI=1S/C12H21N5O/c1-4-9-10(13)11(15-14-9)12(18)17-6-5-8(7-17)16(2)3/h8H,4-7,13H2,1-3H3,(H,14,15). The summed E-state index contributed by atoms with van der Waals surface area (Å²) < 4.78 is 0. The molecule has 100 valence electrons. The first-order chi connectivity index (χ1) is 8.54. The number of likely N-dealkylation sites (tertiary alicyclic amines) is 1. The van der Waals surface area contributed by atoms with Crippen LogP contribution in [0.15, 0.2) is 0 Å². The minimum absolute atomic E-state index is 0.0622. The largest absolute Gasteiger partial charge is 0.395 e. The highest BCUT2D eigenvalue weighted by atomic mass is 16.2. The number of rotatable bonds is 3. The molecule has 0 saturated carbocycles. The number of likely N-dealkylation sites (N-methyl/N-ethyl adjacent to an activating group) is 1. The molecule has 18 heavy (non-hydrogen) atoms. The lowest BCUT2D eigenvalue weighted by Gasteiger charge is -2.19. The smallest absolute Gasteiger partial charge is 0.276 e. The maximum absolute atomic E-state index is 12.3. The lowest BCUT2D eigenvalue weighted by Crippen LogP contribution is -2.34. The molecule has 2 heterocycles. The highest BCUT2D eigenvalue weighted by molar-refractivity contribution is 5.97. The quantitative estimate of drug-likeness (QED) is 0.811. The number of H-pyrrole nitrogens is 1. The van der Waals surface area contributed by atoms with Gasteiger partial charge in [0.05, 0.1) is 11.4 Å². The molecular weight excluding hydrogens is 230 g/mol. The van der Waals surface area contributed by atoms with E-state index >= 15 is 0 Å². The molecular formula is C12H21N5O. The van der Waals surface area contributed by atoms with Crippen molar-refractivity contribution in [2.45, 2.75) is 25.8 Å². The Labute approximate surface area is 107 Å². The molecule has 0 aromatic carbocycles. The van der Waals surface area contributed by atoms with Crippen molar-refractivity contribution in [3.63, 3.8) is 0 Å². The molecule has 6 nitrogen and oxygen atoms in total. The molecule has 0 bridgehead atoms. The molecule has 3 N–H and O–H groups in total. The molecule has 0 aliphatic carbocycles. The van der Waals surface area contributed by atoms with Gasteiger partial charge in [-0.3, -0.25) is 9.89 Å². The first-order valence-corrected chi connectivity index (χ1v) is 6.33. The molecule has 1 aromatic heterocycles. The molecule has 1 fully saturated rings. The normalized spacial score (nSPS) is 19.8. The molecule has 1 aliphatic rings. The van der Waals surface area contributed by atoms with E-state index in [0.717, 1.165) is 31.6 Å². The summed E-state index contributed by atoms with van der Waals surface area (Å²) in [5.74, 6) is -0.0622. The Morgan fingerprint density at radius 1 is 1.61 bits per heavy atom. The summed E-state index contributed by atoms with van der Waals surface area (Å²) in [7, 11) is 4.08. The maximum atomic E-state index is 12.3. The van der Waals surface area contributed by atoms with Gasteiger partial charge in [-0.05, 0) is 26.9 Å². The monoisotopic (exact) mass is 251 g/mol. The Balaban J connectivity index is 2.10. The first-order valence-electron chi connectivity index (χ1n) is 6.33. The van der Waals surface area contributed by atoms with E-state index < -0.39 is 0 Å². The van der Waals surface area contributed by atoms with Crippen molar-refractivity contribution in [2.24, 2.45) is 0 Å². The fourth-order valence-electron chi connectivity index (χ4n) is 2.32. The number of aromatic nitrogens is 2. The van der Waals surface area contributed by atoms with E-state index in [1.807, 2.05) is 25.9 Å². The molecule has 1 aromatic rings. The lowest BCUT2D eigenvalue weighted by molar-refractivity contribution is 0.0778. The number of nitrogen functional groups attached to an aromatic ring is 1. The summed E-state index contributed by atoms with van der Waals surface area (Å²) in [5.41, 5.74) is 7.62. The number of amides is 1. The zero-order valence-electron chi connectivity index (χ0n) is 11.2. The number of carbonyl (C=O) groups excluding carboxylic acids is 1. The third-order valence-electron chi connectivity index (χ3n) is 3.62. The van der Waals surface area contributed by atoms with Crippen LogP contribution in [0.1, 0.15) is 29.5 Å². The highest BCUT2D eigenvalue weighted by Crippen LogP contribution is 2.20. The molecule has 0 spiro atoms. The predicted molar refractivity (Wildman–Crippen MR) is 70.4 cm³/mol. The van der Waals surface area contributed by atoms with Gasteiger partial charge >= 0.3 is 0 Å². The van der Waals surface area contributed by atoms with Crippen molar-refractivity contribution in [2.75, 3.05) is 32.9 Å².